The fourth-order valence-electron chi connectivity index (χ4n) is 3.18. The third-order valence-electron chi connectivity index (χ3n) is 4.61. The first-order valence-electron chi connectivity index (χ1n) is 9.00. The SMILES string of the molecule is CC[C@H](C(=O)Nc1ccc(-c2cn3cccnc3n2)cc1)c1ccccc1. The Labute approximate surface area is 157 Å². The number of imidazole rings is 1. The smallest absolute Gasteiger partial charge is 0.234 e. The lowest BCUT2D eigenvalue weighted by Gasteiger charge is -2.15. The van der Waals surface area contributed by atoms with Crippen LogP contribution in [0.4, 0.5) is 5.69 Å². The largest absolute Gasteiger partial charge is 0.326 e. The van der Waals surface area contributed by atoms with Crippen LogP contribution in [0.15, 0.2) is 79.3 Å². The molecule has 5 heteroatoms. The molecule has 134 valence electrons. The molecule has 27 heavy (non-hydrogen) atoms. The van der Waals surface area contributed by atoms with Crippen LogP contribution < -0.4 is 5.32 Å². The van der Waals surface area contributed by atoms with Crippen LogP contribution >= 0.6 is 0 Å². The monoisotopic (exact) mass is 356 g/mol. The zero-order valence-corrected chi connectivity index (χ0v) is 15.0. The molecule has 2 aromatic heterocycles. The summed E-state index contributed by atoms with van der Waals surface area (Å²) in [4.78, 5) is 21.4. The number of carbonyl (C=O) groups excluding carboxylic acids is 1. The average molecular weight is 356 g/mol. The second-order valence-corrected chi connectivity index (χ2v) is 6.39. The molecule has 0 fully saturated rings. The highest BCUT2D eigenvalue weighted by Gasteiger charge is 2.18. The number of nitrogens with one attached hydrogen (secondary N) is 1. The fraction of sp³-hybridized carbons (Fsp3) is 0.136. The van der Waals surface area contributed by atoms with E-state index < -0.39 is 0 Å². The van der Waals surface area contributed by atoms with E-state index in [9.17, 15) is 4.79 Å². The van der Waals surface area contributed by atoms with Crippen LogP contribution in [-0.4, -0.2) is 20.3 Å². The number of benzene rings is 2. The Morgan fingerprint density at radius 2 is 1.85 bits per heavy atom. The minimum absolute atomic E-state index is 0.00776. The number of fused-ring (bicyclic) bond motifs is 1. The van der Waals surface area contributed by atoms with E-state index in [2.05, 4.69) is 15.3 Å². The summed E-state index contributed by atoms with van der Waals surface area (Å²) in [6.07, 6.45) is 6.34. The lowest BCUT2D eigenvalue weighted by molar-refractivity contribution is -0.117. The Hall–Kier alpha value is -3.47. The summed E-state index contributed by atoms with van der Waals surface area (Å²) in [6.45, 7) is 2.03. The first-order chi connectivity index (χ1) is 13.2. The molecule has 0 unspecified atom stereocenters. The van der Waals surface area contributed by atoms with E-state index in [0.29, 0.717) is 5.78 Å². The van der Waals surface area contributed by atoms with Crippen molar-refractivity contribution in [3.8, 4) is 11.3 Å². The van der Waals surface area contributed by atoms with E-state index in [1.54, 1.807) is 6.20 Å². The molecule has 1 amide bonds. The summed E-state index contributed by atoms with van der Waals surface area (Å²) in [5.41, 5.74) is 3.64. The van der Waals surface area contributed by atoms with E-state index in [1.807, 2.05) is 84.4 Å². The van der Waals surface area contributed by atoms with Crippen LogP contribution in [0.2, 0.25) is 0 Å². The zero-order valence-electron chi connectivity index (χ0n) is 15.0. The van der Waals surface area contributed by atoms with Crippen LogP contribution in [0.3, 0.4) is 0 Å². The Morgan fingerprint density at radius 1 is 1.07 bits per heavy atom. The minimum Gasteiger partial charge on any atom is -0.326 e. The van der Waals surface area contributed by atoms with Crippen molar-refractivity contribution in [2.75, 3.05) is 5.32 Å². The van der Waals surface area contributed by atoms with Gasteiger partial charge >= 0.3 is 0 Å². The summed E-state index contributed by atoms with van der Waals surface area (Å²) in [5, 5.41) is 3.02. The van der Waals surface area contributed by atoms with Gasteiger partial charge in [0.25, 0.3) is 0 Å². The highest BCUT2D eigenvalue weighted by Crippen LogP contribution is 2.24. The van der Waals surface area contributed by atoms with Crippen LogP contribution in [0.1, 0.15) is 24.8 Å². The lowest BCUT2D eigenvalue weighted by Crippen LogP contribution is -2.20. The standard InChI is InChI=1S/C22H20N4O/c1-2-19(16-7-4-3-5-8-16)21(27)24-18-11-9-17(10-12-18)20-15-26-14-6-13-23-22(26)25-20/h3-15,19H,2H2,1H3,(H,24,27)/t19-/m0/s1. The molecule has 0 aliphatic rings. The number of hydrogen-bond donors (Lipinski definition) is 1. The Morgan fingerprint density at radius 3 is 2.56 bits per heavy atom. The summed E-state index contributed by atoms with van der Waals surface area (Å²) in [7, 11) is 0. The molecule has 0 aliphatic carbocycles. The van der Waals surface area contributed by atoms with Crippen molar-refractivity contribution >= 4 is 17.4 Å². The van der Waals surface area contributed by atoms with Crippen molar-refractivity contribution in [1.29, 1.82) is 0 Å². The Bertz CT molecular complexity index is 1020. The van der Waals surface area contributed by atoms with Gasteiger partial charge in [-0.3, -0.25) is 9.20 Å². The second-order valence-electron chi connectivity index (χ2n) is 6.39. The maximum atomic E-state index is 12.7. The maximum Gasteiger partial charge on any atom is 0.234 e. The summed E-state index contributed by atoms with van der Waals surface area (Å²) in [6, 6.07) is 19.5. The predicted octanol–water partition coefficient (Wildman–Crippen LogP) is 4.53. The summed E-state index contributed by atoms with van der Waals surface area (Å²) < 4.78 is 1.89. The van der Waals surface area contributed by atoms with Gasteiger partial charge in [0.2, 0.25) is 11.7 Å². The molecule has 1 N–H and O–H groups in total. The van der Waals surface area contributed by atoms with Gasteiger partial charge in [0.05, 0.1) is 11.6 Å². The molecule has 0 spiro atoms. The number of hydrogen-bond acceptors (Lipinski definition) is 3. The van der Waals surface area contributed by atoms with Gasteiger partial charge in [-0.25, -0.2) is 9.97 Å². The Balaban J connectivity index is 1.51. The number of anilines is 1. The summed E-state index contributed by atoms with van der Waals surface area (Å²) >= 11 is 0. The number of rotatable bonds is 5. The maximum absolute atomic E-state index is 12.7. The molecular weight excluding hydrogens is 336 g/mol. The van der Waals surface area contributed by atoms with Crippen molar-refractivity contribution in [2.45, 2.75) is 19.3 Å². The van der Waals surface area contributed by atoms with Gasteiger partial charge in [0, 0.05) is 29.8 Å². The first kappa shape index (κ1) is 17.0. The van der Waals surface area contributed by atoms with Crippen molar-refractivity contribution in [1.82, 2.24) is 14.4 Å². The van der Waals surface area contributed by atoms with Crippen molar-refractivity contribution in [2.24, 2.45) is 0 Å². The Kier molecular flexibility index (Phi) is 4.66. The van der Waals surface area contributed by atoms with E-state index in [-0.39, 0.29) is 11.8 Å². The number of aromatic nitrogens is 3. The normalized spacial score (nSPS) is 12.0. The van der Waals surface area contributed by atoms with Gasteiger partial charge in [0.1, 0.15) is 0 Å². The topological polar surface area (TPSA) is 59.3 Å². The lowest BCUT2D eigenvalue weighted by atomic mass is 9.95. The molecule has 1 atom stereocenters. The van der Waals surface area contributed by atoms with Gasteiger partial charge in [-0.05, 0) is 30.2 Å². The van der Waals surface area contributed by atoms with Crippen LogP contribution in [-0.2, 0) is 4.79 Å². The molecule has 4 aromatic rings. The third-order valence-corrected chi connectivity index (χ3v) is 4.61. The van der Waals surface area contributed by atoms with Crippen molar-refractivity contribution < 1.29 is 4.79 Å². The van der Waals surface area contributed by atoms with Gasteiger partial charge < -0.3 is 5.32 Å². The van der Waals surface area contributed by atoms with E-state index in [4.69, 9.17) is 0 Å². The van der Waals surface area contributed by atoms with E-state index in [0.717, 1.165) is 28.9 Å². The molecule has 0 aliphatic heterocycles. The van der Waals surface area contributed by atoms with Gasteiger partial charge in [-0.15, -0.1) is 0 Å². The van der Waals surface area contributed by atoms with Gasteiger partial charge in [0.15, 0.2) is 0 Å². The fourth-order valence-corrected chi connectivity index (χ4v) is 3.18. The highest BCUT2D eigenvalue weighted by molar-refractivity contribution is 5.96. The second kappa shape index (κ2) is 7.41. The van der Waals surface area contributed by atoms with Crippen LogP contribution in [0.5, 0.6) is 0 Å². The highest BCUT2D eigenvalue weighted by atomic mass is 16.1. The van der Waals surface area contributed by atoms with Crippen molar-refractivity contribution in [3.05, 3.63) is 84.8 Å². The molecular formula is C22H20N4O. The first-order valence-corrected chi connectivity index (χ1v) is 9.00. The molecule has 5 nitrogen and oxygen atoms in total. The molecule has 0 saturated heterocycles. The molecule has 0 saturated carbocycles. The molecule has 0 radical (unpaired) electrons. The van der Waals surface area contributed by atoms with Gasteiger partial charge in [-0.2, -0.15) is 0 Å². The van der Waals surface area contributed by atoms with Crippen LogP contribution in [0.25, 0.3) is 17.0 Å². The molecule has 2 heterocycles. The predicted molar refractivity (Wildman–Crippen MR) is 107 cm³/mol. The molecule has 0 bridgehead atoms. The number of nitrogens with zero attached hydrogens (tertiary/aromatic N) is 3. The van der Waals surface area contributed by atoms with E-state index in [1.165, 1.54) is 0 Å². The number of amides is 1. The zero-order chi connectivity index (χ0) is 18.6. The minimum atomic E-state index is -0.157. The van der Waals surface area contributed by atoms with E-state index >= 15 is 0 Å². The average Bonchev–Trinajstić information content (AvgIpc) is 3.14. The summed E-state index contributed by atoms with van der Waals surface area (Å²) in [5.74, 6) is 0.516. The third kappa shape index (κ3) is 3.58. The number of carbonyl (C=O) groups is 1. The van der Waals surface area contributed by atoms with Crippen molar-refractivity contribution in [3.63, 3.8) is 0 Å². The quantitative estimate of drug-likeness (QED) is 0.571. The molecule has 4 rings (SSSR count). The van der Waals surface area contributed by atoms with Gasteiger partial charge in [-0.1, -0.05) is 49.4 Å². The molecule has 2 aromatic carbocycles. The van der Waals surface area contributed by atoms with Crippen LogP contribution in [0, 0.1) is 0 Å².